The number of hydrogen-bond acceptors (Lipinski definition) is 6. The van der Waals surface area contributed by atoms with Crippen molar-refractivity contribution in [3.8, 4) is 23.3 Å². The topological polar surface area (TPSA) is 112 Å². The summed E-state index contributed by atoms with van der Waals surface area (Å²) < 4.78 is 24.4. The SMILES string of the molecule is CC(C)(C)OC(=O)NC1(C(=O)C[C@H](C#N)Cc2ccc(-c3ccc(F)c(C#N)c3)cc2)CCOCC1. The van der Waals surface area contributed by atoms with E-state index in [0.29, 0.717) is 38.0 Å². The molecule has 0 bridgehead atoms. The lowest BCUT2D eigenvalue weighted by atomic mass is 9.80. The van der Waals surface area contributed by atoms with Gasteiger partial charge >= 0.3 is 6.09 Å². The molecule has 1 N–H and O–H groups in total. The zero-order valence-corrected chi connectivity index (χ0v) is 20.8. The van der Waals surface area contributed by atoms with Crippen LogP contribution in [0.15, 0.2) is 42.5 Å². The smallest absolute Gasteiger partial charge is 0.408 e. The van der Waals surface area contributed by atoms with Crippen LogP contribution in [-0.2, 0) is 20.7 Å². The maximum Gasteiger partial charge on any atom is 0.408 e. The molecule has 1 saturated heterocycles. The van der Waals surface area contributed by atoms with Crippen molar-refractivity contribution < 1.29 is 23.5 Å². The van der Waals surface area contributed by atoms with Gasteiger partial charge < -0.3 is 14.8 Å². The van der Waals surface area contributed by atoms with Crippen molar-refractivity contribution in [2.75, 3.05) is 13.2 Å². The molecule has 0 unspecified atom stereocenters. The van der Waals surface area contributed by atoms with Crippen LogP contribution in [0.5, 0.6) is 0 Å². The van der Waals surface area contributed by atoms with Crippen LogP contribution in [0.2, 0.25) is 0 Å². The van der Waals surface area contributed by atoms with Crippen molar-refractivity contribution >= 4 is 11.9 Å². The molecule has 1 aliphatic rings. The standard InChI is InChI=1S/C28H30FN3O4/c1-27(2,3)36-26(34)32-28(10-12-35-13-11-28)25(33)15-20(17-30)14-19-4-6-21(7-5-19)22-8-9-24(29)23(16-22)18-31/h4-9,16,20H,10-15H2,1-3H3,(H,32,34)/t20-/m1/s1. The first kappa shape index (κ1) is 26.8. The number of ether oxygens (including phenoxy) is 2. The highest BCUT2D eigenvalue weighted by Gasteiger charge is 2.42. The number of carbonyl (C=O) groups is 2. The Morgan fingerprint density at radius 3 is 2.33 bits per heavy atom. The first-order chi connectivity index (χ1) is 17.0. The van der Waals surface area contributed by atoms with Gasteiger partial charge in [-0.3, -0.25) is 4.79 Å². The van der Waals surface area contributed by atoms with Crippen LogP contribution in [-0.4, -0.2) is 36.2 Å². The van der Waals surface area contributed by atoms with Gasteiger partial charge in [0.1, 0.15) is 23.0 Å². The quantitative estimate of drug-likeness (QED) is 0.578. The van der Waals surface area contributed by atoms with E-state index in [9.17, 15) is 19.2 Å². The van der Waals surface area contributed by atoms with E-state index in [2.05, 4.69) is 11.4 Å². The molecule has 36 heavy (non-hydrogen) atoms. The normalized spacial score (nSPS) is 15.7. The summed E-state index contributed by atoms with van der Waals surface area (Å²) >= 11 is 0. The number of nitrogens with zero attached hydrogens (tertiary/aromatic N) is 2. The van der Waals surface area contributed by atoms with E-state index in [4.69, 9.17) is 14.7 Å². The van der Waals surface area contributed by atoms with Gasteiger partial charge in [-0.2, -0.15) is 10.5 Å². The van der Waals surface area contributed by atoms with Crippen LogP contribution in [0.25, 0.3) is 11.1 Å². The molecule has 0 aromatic heterocycles. The Morgan fingerprint density at radius 1 is 1.11 bits per heavy atom. The lowest BCUT2D eigenvalue weighted by molar-refractivity contribution is -0.130. The van der Waals surface area contributed by atoms with E-state index in [1.54, 1.807) is 26.8 Å². The van der Waals surface area contributed by atoms with E-state index < -0.39 is 29.0 Å². The number of carbonyl (C=O) groups excluding carboxylic acids is 2. The molecule has 2 aromatic rings. The number of rotatable bonds is 7. The molecule has 7 nitrogen and oxygen atoms in total. The summed E-state index contributed by atoms with van der Waals surface area (Å²) in [6.07, 6.45) is 0.314. The van der Waals surface area contributed by atoms with Crippen LogP contribution in [0.3, 0.4) is 0 Å². The molecule has 1 fully saturated rings. The Hall–Kier alpha value is -3.75. The number of amides is 1. The average Bonchev–Trinajstić information content (AvgIpc) is 2.83. The molecule has 1 aliphatic heterocycles. The van der Waals surface area contributed by atoms with E-state index in [0.717, 1.165) is 11.1 Å². The highest BCUT2D eigenvalue weighted by molar-refractivity contribution is 5.92. The molecule has 188 valence electrons. The predicted octanol–water partition coefficient (Wildman–Crippen LogP) is 5.08. The molecule has 0 spiro atoms. The molecule has 1 heterocycles. The second-order valence-corrected chi connectivity index (χ2v) is 9.98. The average molecular weight is 492 g/mol. The minimum atomic E-state index is -1.12. The Labute approximate surface area is 210 Å². The van der Waals surface area contributed by atoms with Gasteiger partial charge in [0.25, 0.3) is 0 Å². The first-order valence-corrected chi connectivity index (χ1v) is 11.9. The number of ketones is 1. The number of benzene rings is 2. The summed E-state index contributed by atoms with van der Waals surface area (Å²) in [4.78, 5) is 25.8. The third-order valence-electron chi connectivity index (χ3n) is 6.09. The van der Waals surface area contributed by atoms with Gasteiger partial charge in [-0.05, 0) is 56.0 Å². The Bertz CT molecular complexity index is 1180. The monoisotopic (exact) mass is 491 g/mol. The summed E-state index contributed by atoms with van der Waals surface area (Å²) in [7, 11) is 0. The van der Waals surface area contributed by atoms with Gasteiger partial charge in [-0.1, -0.05) is 30.3 Å². The molecule has 1 atom stereocenters. The third kappa shape index (κ3) is 6.90. The lowest BCUT2D eigenvalue weighted by Crippen LogP contribution is -2.58. The number of hydrogen-bond donors (Lipinski definition) is 1. The van der Waals surface area contributed by atoms with Crippen LogP contribution in [0, 0.1) is 34.4 Å². The summed E-state index contributed by atoms with van der Waals surface area (Å²) in [6, 6.07) is 15.8. The number of nitrogens with one attached hydrogen (secondary N) is 1. The van der Waals surface area contributed by atoms with Crippen molar-refractivity contribution in [2.45, 2.75) is 57.6 Å². The van der Waals surface area contributed by atoms with Crippen molar-refractivity contribution in [3.05, 3.63) is 59.4 Å². The maximum atomic E-state index is 13.6. The molecule has 0 saturated carbocycles. The summed E-state index contributed by atoms with van der Waals surface area (Å²) in [5, 5.41) is 21.6. The van der Waals surface area contributed by atoms with Crippen molar-refractivity contribution in [2.24, 2.45) is 5.92 Å². The highest BCUT2D eigenvalue weighted by Crippen LogP contribution is 2.28. The molecular weight excluding hydrogens is 461 g/mol. The minimum Gasteiger partial charge on any atom is -0.444 e. The van der Waals surface area contributed by atoms with Crippen molar-refractivity contribution in [3.63, 3.8) is 0 Å². The van der Waals surface area contributed by atoms with Gasteiger partial charge in [0.15, 0.2) is 5.78 Å². The predicted molar refractivity (Wildman–Crippen MR) is 131 cm³/mol. The summed E-state index contributed by atoms with van der Waals surface area (Å²) in [5.41, 5.74) is 0.526. The third-order valence-corrected chi connectivity index (χ3v) is 6.09. The van der Waals surface area contributed by atoms with E-state index in [-0.39, 0.29) is 17.8 Å². The molecular formula is C28H30FN3O4. The molecule has 1 amide bonds. The van der Waals surface area contributed by atoms with Gasteiger partial charge in [-0.15, -0.1) is 0 Å². The van der Waals surface area contributed by atoms with E-state index >= 15 is 0 Å². The first-order valence-electron chi connectivity index (χ1n) is 11.9. The van der Waals surface area contributed by atoms with Gasteiger partial charge in [-0.25, -0.2) is 9.18 Å². The fraction of sp³-hybridized carbons (Fsp3) is 0.429. The second kappa shape index (κ2) is 11.3. The number of nitriles is 2. The molecule has 8 heteroatoms. The number of alkyl carbamates (subject to hydrolysis) is 1. The van der Waals surface area contributed by atoms with Crippen LogP contribution in [0.1, 0.15) is 51.2 Å². The zero-order valence-electron chi connectivity index (χ0n) is 20.8. The van der Waals surface area contributed by atoms with Gasteiger partial charge in [0.2, 0.25) is 0 Å². The minimum absolute atomic E-state index is 0.0163. The van der Waals surface area contributed by atoms with E-state index in [1.165, 1.54) is 12.1 Å². The fourth-order valence-electron chi connectivity index (χ4n) is 4.18. The summed E-state index contributed by atoms with van der Waals surface area (Å²) in [5.74, 6) is -1.36. The van der Waals surface area contributed by atoms with Gasteiger partial charge in [0.05, 0.1) is 17.6 Å². The van der Waals surface area contributed by atoms with Crippen molar-refractivity contribution in [1.82, 2.24) is 5.32 Å². The van der Waals surface area contributed by atoms with Crippen LogP contribution >= 0.6 is 0 Å². The molecule has 0 aliphatic carbocycles. The van der Waals surface area contributed by atoms with Crippen molar-refractivity contribution in [1.29, 1.82) is 10.5 Å². The maximum absolute atomic E-state index is 13.6. The zero-order chi connectivity index (χ0) is 26.3. The van der Waals surface area contributed by atoms with Gasteiger partial charge in [0, 0.05) is 32.5 Å². The Balaban J connectivity index is 1.70. The fourth-order valence-corrected chi connectivity index (χ4v) is 4.18. The molecule has 2 aromatic carbocycles. The van der Waals surface area contributed by atoms with Crippen LogP contribution < -0.4 is 5.32 Å². The van der Waals surface area contributed by atoms with Crippen LogP contribution in [0.4, 0.5) is 9.18 Å². The largest absolute Gasteiger partial charge is 0.444 e. The lowest BCUT2D eigenvalue weighted by Gasteiger charge is -2.37. The van der Waals surface area contributed by atoms with E-state index in [1.807, 2.05) is 30.3 Å². The number of halogens is 1. The highest BCUT2D eigenvalue weighted by atomic mass is 19.1. The Kier molecular flexibility index (Phi) is 8.45. The Morgan fingerprint density at radius 2 is 1.75 bits per heavy atom. The number of Topliss-reactive ketones (excluding diaryl/α,β-unsaturated/α-hetero) is 1. The summed E-state index contributed by atoms with van der Waals surface area (Å²) in [6.45, 7) is 5.91. The molecule has 3 rings (SSSR count). The second-order valence-electron chi connectivity index (χ2n) is 9.98. The molecule has 0 radical (unpaired) electrons.